The van der Waals surface area contributed by atoms with Crippen LogP contribution in [0.4, 0.5) is 5.69 Å². The van der Waals surface area contributed by atoms with Crippen LogP contribution in [0.15, 0.2) is 5.38 Å². The molecule has 0 fully saturated rings. The number of thiophene rings is 1. The molecule has 1 rings (SSSR count). The van der Waals surface area contributed by atoms with E-state index in [1.807, 2.05) is 0 Å². The van der Waals surface area contributed by atoms with Crippen molar-refractivity contribution in [3.63, 3.8) is 0 Å². The van der Waals surface area contributed by atoms with E-state index in [0.717, 1.165) is 5.56 Å². The lowest BCUT2D eigenvalue weighted by molar-refractivity contribution is -0.115. The molecule has 0 radical (unpaired) electrons. The Morgan fingerprint density at radius 1 is 1.56 bits per heavy atom. The minimum absolute atomic E-state index is 0.340. The average Bonchev–Trinajstić information content (AvgIpc) is 2.59. The summed E-state index contributed by atoms with van der Waals surface area (Å²) in [6.45, 7) is 3.37. The molecule has 0 aliphatic heterocycles. The van der Waals surface area contributed by atoms with Crippen LogP contribution in [0.2, 0.25) is 0 Å². The van der Waals surface area contributed by atoms with Crippen LogP contribution in [0.3, 0.4) is 0 Å². The van der Waals surface area contributed by atoms with Crippen LogP contribution in [0.25, 0.3) is 0 Å². The molecule has 16 heavy (non-hydrogen) atoms. The van der Waals surface area contributed by atoms with Gasteiger partial charge in [-0.1, -0.05) is 0 Å². The van der Waals surface area contributed by atoms with E-state index in [-0.39, 0.29) is 5.91 Å². The molecule has 0 aromatic carbocycles. The zero-order valence-electron chi connectivity index (χ0n) is 9.17. The van der Waals surface area contributed by atoms with Gasteiger partial charge in [-0.15, -0.1) is 22.9 Å². The summed E-state index contributed by atoms with van der Waals surface area (Å²) in [5.74, 6) is -0.802. The van der Waals surface area contributed by atoms with Crippen molar-refractivity contribution in [3.05, 3.63) is 15.8 Å². The lowest BCUT2D eigenvalue weighted by atomic mass is 10.2. The Hall–Kier alpha value is -1.07. The number of anilines is 1. The number of carbonyl (C=O) groups is 2. The number of ether oxygens (including phenoxy) is 1. The van der Waals surface area contributed by atoms with Gasteiger partial charge >= 0.3 is 5.97 Å². The average molecular weight is 262 g/mol. The lowest BCUT2D eigenvalue weighted by Crippen LogP contribution is -2.21. The summed E-state index contributed by atoms with van der Waals surface area (Å²) in [5.41, 5.74) is 1.30. The Morgan fingerprint density at radius 2 is 2.19 bits per heavy atom. The van der Waals surface area contributed by atoms with E-state index in [2.05, 4.69) is 10.1 Å². The Balaban J connectivity index is 2.98. The van der Waals surface area contributed by atoms with Gasteiger partial charge in [-0.25, -0.2) is 4.79 Å². The Kier molecular flexibility index (Phi) is 4.32. The van der Waals surface area contributed by atoms with Gasteiger partial charge in [0.05, 0.1) is 12.8 Å². The Morgan fingerprint density at radius 3 is 2.69 bits per heavy atom. The standard InChI is InChI=1S/C10H12ClNO3S/c1-5-4-16-8(10(14)15-3)7(5)12-9(13)6(2)11/h4,6H,1-3H3,(H,12,13)/t6-/m1/s1. The van der Waals surface area contributed by atoms with Crippen molar-refractivity contribution in [2.45, 2.75) is 19.2 Å². The maximum Gasteiger partial charge on any atom is 0.350 e. The van der Waals surface area contributed by atoms with Crippen LogP contribution >= 0.6 is 22.9 Å². The fourth-order valence-electron chi connectivity index (χ4n) is 1.07. The maximum atomic E-state index is 11.4. The van der Waals surface area contributed by atoms with Crippen LogP contribution in [0.1, 0.15) is 22.2 Å². The number of aryl methyl sites for hydroxylation is 1. The maximum absolute atomic E-state index is 11.4. The molecule has 0 saturated heterocycles. The van der Waals surface area contributed by atoms with Crippen LogP contribution in [0.5, 0.6) is 0 Å². The first-order valence-electron chi connectivity index (χ1n) is 4.58. The molecule has 1 aromatic heterocycles. The number of rotatable bonds is 3. The van der Waals surface area contributed by atoms with Crippen molar-refractivity contribution in [2.75, 3.05) is 12.4 Å². The molecular weight excluding hydrogens is 250 g/mol. The SMILES string of the molecule is COC(=O)c1scc(C)c1NC(=O)[C@@H](C)Cl. The van der Waals surface area contributed by atoms with Gasteiger partial charge in [0.25, 0.3) is 0 Å². The van der Waals surface area contributed by atoms with Crippen LogP contribution in [-0.2, 0) is 9.53 Å². The molecule has 1 heterocycles. The van der Waals surface area contributed by atoms with Crippen molar-refractivity contribution in [1.29, 1.82) is 0 Å². The largest absolute Gasteiger partial charge is 0.465 e. The second kappa shape index (κ2) is 5.32. The molecule has 0 spiro atoms. The normalized spacial score (nSPS) is 12.0. The summed E-state index contributed by atoms with van der Waals surface area (Å²) >= 11 is 6.87. The van der Waals surface area contributed by atoms with E-state index in [4.69, 9.17) is 11.6 Å². The quantitative estimate of drug-likeness (QED) is 0.672. The van der Waals surface area contributed by atoms with Crippen molar-refractivity contribution < 1.29 is 14.3 Å². The van der Waals surface area contributed by atoms with Gasteiger partial charge in [-0.2, -0.15) is 0 Å². The predicted molar refractivity (Wildman–Crippen MR) is 64.3 cm³/mol. The molecule has 1 atom stereocenters. The third-order valence-corrected chi connectivity index (χ3v) is 3.23. The zero-order valence-corrected chi connectivity index (χ0v) is 10.7. The minimum atomic E-state index is -0.648. The number of hydrogen-bond donors (Lipinski definition) is 1. The molecule has 0 aliphatic carbocycles. The first kappa shape index (κ1) is 13.0. The van der Waals surface area contributed by atoms with Gasteiger partial charge in [0.1, 0.15) is 10.3 Å². The van der Waals surface area contributed by atoms with Gasteiger partial charge in [0, 0.05) is 0 Å². The summed E-state index contributed by atoms with van der Waals surface area (Å²) in [7, 11) is 1.30. The topological polar surface area (TPSA) is 55.4 Å². The number of amides is 1. The smallest absolute Gasteiger partial charge is 0.350 e. The van der Waals surface area contributed by atoms with E-state index >= 15 is 0 Å². The molecule has 6 heteroatoms. The summed E-state index contributed by atoms with van der Waals surface area (Å²) in [5, 5.41) is 3.74. The summed E-state index contributed by atoms with van der Waals surface area (Å²) < 4.78 is 4.62. The van der Waals surface area contributed by atoms with Gasteiger partial charge in [0.15, 0.2) is 0 Å². The number of methoxy groups -OCH3 is 1. The van der Waals surface area contributed by atoms with Gasteiger partial charge in [-0.3, -0.25) is 4.79 Å². The molecule has 1 amide bonds. The van der Waals surface area contributed by atoms with Crippen molar-refractivity contribution in [3.8, 4) is 0 Å². The Bertz CT molecular complexity index is 414. The van der Waals surface area contributed by atoms with E-state index in [1.54, 1.807) is 19.2 Å². The van der Waals surface area contributed by atoms with Crippen molar-refractivity contribution in [1.82, 2.24) is 0 Å². The number of nitrogens with one attached hydrogen (secondary N) is 1. The second-order valence-corrected chi connectivity index (χ2v) is 4.75. The monoisotopic (exact) mass is 261 g/mol. The first-order valence-corrected chi connectivity index (χ1v) is 5.90. The van der Waals surface area contributed by atoms with Crippen LogP contribution < -0.4 is 5.32 Å². The van der Waals surface area contributed by atoms with Gasteiger partial charge < -0.3 is 10.1 Å². The highest BCUT2D eigenvalue weighted by molar-refractivity contribution is 7.12. The summed E-state index contributed by atoms with van der Waals surface area (Å²) in [6.07, 6.45) is 0. The minimum Gasteiger partial charge on any atom is -0.465 e. The molecule has 0 unspecified atom stereocenters. The fraction of sp³-hybridized carbons (Fsp3) is 0.400. The van der Waals surface area contributed by atoms with E-state index in [1.165, 1.54) is 18.4 Å². The Labute approximate surface area is 103 Å². The molecule has 4 nitrogen and oxygen atoms in total. The predicted octanol–water partition coefficient (Wildman–Crippen LogP) is 2.41. The highest BCUT2D eigenvalue weighted by Gasteiger charge is 2.19. The van der Waals surface area contributed by atoms with Gasteiger partial charge in [0.2, 0.25) is 5.91 Å². The molecule has 0 bridgehead atoms. The zero-order chi connectivity index (χ0) is 12.3. The number of hydrogen-bond acceptors (Lipinski definition) is 4. The molecule has 1 aromatic rings. The number of alkyl halides is 1. The van der Waals surface area contributed by atoms with E-state index < -0.39 is 11.3 Å². The van der Waals surface area contributed by atoms with Gasteiger partial charge in [-0.05, 0) is 24.8 Å². The number of carbonyl (C=O) groups excluding carboxylic acids is 2. The summed E-state index contributed by atoms with van der Waals surface area (Å²) in [4.78, 5) is 23.2. The van der Waals surface area contributed by atoms with E-state index in [9.17, 15) is 9.59 Å². The molecular formula is C10H12ClNO3S. The molecule has 1 N–H and O–H groups in total. The number of halogens is 1. The van der Waals surface area contributed by atoms with Crippen LogP contribution in [-0.4, -0.2) is 24.4 Å². The molecule has 0 aliphatic rings. The molecule has 0 saturated carbocycles. The number of esters is 1. The second-order valence-electron chi connectivity index (χ2n) is 3.22. The van der Waals surface area contributed by atoms with Crippen molar-refractivity contribution in [2.24, 2.45) is 0 Å². The fourth-order valence-corrected chi connectivity index (χ4v) is 2.04. The molecule has 88 valence electrons. The van der Waals surface area contributed by atoms with Crippen LogP contribution in [0, 0.1) is 6.92 Å². The highest BCUT2D eigenvalue weighted by atomic mass is 35.5. The highest BCUT2D eigenvalue weighted by Crippen LogP contribution is 2.28. The van der Waals surface area contributed by atoms with E-state index in [0.29, 0.717) is 10.6 Å². The van der Waals surface area contributed by atoms with Crippen molar-refractivity contribution >= 4 is 40.5 Å². The lowest BCUT2D eigenvalue weighted by Gasteiger charge is -2.08. The first-order chi connectivity index (χ1) is 7.47. The third kappa shape index (κ3) is 2.74. The third-order valence-electron chi connectivity index (χ3n) is 1.96. The summed E-state index contributed by atoms with van der Waals surface area (Å²) in [6, 6.07) is 0.